The first-order valence-corrected chi connectivity index (χ1v) is 10.4. The number of allylic oxidation sites excluding steroid dienone is 1. The molecule has 2 saturated carbocycles. The molecule has 2 fully saturated rings. The van der Waals surface area contributed by atoms with Gasteiger partial charge in [0.15, 0.2) is 5.78 Å². The topological polar surface area (TPSA) is 55.1 Å². The largest absolute Gasteiger partial charge is 0.508 e. The van der Waals surface area contributed by atoms with Gasteiger partial charge in [-0.15, -0.1) is 0 Å². The lowest BCUT2D eigenvalue weighted by molar-refractivity contribution is -0.127. The number of nitrogens with zero attached hydrogens (tertiary/aromatic N) is 2. The van der Waals surface area contributed by atoms with Gasteiger partial charge in [-0.2, -0.15) is 5.10 Å². The predicted octanol–water partition coefficient (Wildman–Crippen LogP) is 4.55. The van der Waals surface area contributed by atoms with Crippen molar-refractivity contribution < 1.29 is 9.90 Å². The maximum Gasteiger partial charge on any atom is 0.165 e. The van der Waals surface area contributed by atoms with Crippen LogP contribution < -0.4 is 0 Å². The Morgan fingerprint density at radius 1 is 1.32 bits per heavy atom. The smallest absolute Gasteiger partial charge is 0.165 e. The Morgan fingerprint density at radius 2 is 2.14 bits per heavy atom. The van der Waals surface area contributed by atoms with Crippen LogP contribution in [0.3, 0.4) is 0 Å². The fraction of sp³-hybridized carbons (Fsp3) is 0.500. The lowest BCUT2D eigenvalue weighted by atomic mass is 9.55. The van der Waals surface area contributed by atoms with E-state index < -0.39 is 0 Å². The summed E-state index contributed by atoms with van der Waals surface area (Å²) < 4.78 is 1.82. The maximum absolute atomic E-state index is 13.4. The van der Waals surface area contributed by atoms with Crippen LogP contribution in [-0.4, -0.2) is 20.7 Å². The highest BCUT2D eigenvalue weighted by molar-refractivity contribution is 6.06. The van der Waals surface area contributed by atoms with E-state index in [1.807, 2.05) is 37.0 Å². The van der Waals surface area contributed by atoms with E-state index in [1.54, 1.807) is 0 Å². The molecular formula is C24H28N2O2. The second-order valence-electron chi connectivity index (χ2n) is 9.30. The van der Waals surface area contributed by atoms with Crippen LogP contribution in [0.25, 0.3) is 6.08 Å². The summed E-state index contributed by atoms with van der Waals surface area (Å²) in [6.07, 6.45) is 9.14. The zero-order chi connectivity index (χ0) is 19.6. The Bertz CT molecular complexity index is 1000. The summed E-state index contributed by atoms with van der Waals surface area (Å²) in [7, 11) is 1.93. The average Bonchev–Trinajstić information content (AvgIpc) is 3.11. The van der Waals surface area contributed by atoms with Gasteiger partial charge in [-0.3, -0.25) is 9.48 Å². The number of aromatic nitrogens is 2. The molecule has 3 aliphatic carbocycles. The number of aryl methyl sites for hydroxylation is 3. The van der Waals surface area contributed by atoms with Crippen LogP contribution in [0.1, 0.15) is 60.9 Å². The summed E-state index contributed by atoms with van der Waals surface area (Å²) in [4.78, 5) is 13.4. The molecule has 0 spiro atoms. The van der Waals surface area contributed by atoms with Crippen molar-refractivity contribution in [1.82, 2.24) is 9.78 Å². The Balaban J connectivity index is 1.50. The standard InChI is InChI=1S/C24H28N2O2/c1-14-17(13-26(3)25-14)10-16-12-22-21-6-4-15-11-18(27)5-7-19(15)20(21)8-9-24(22,2)23(16)28/h5,7,10-11,13,20-22,27H,4,6,8-9,12H2,1-3H3/b16-10-. The Hall–Kier alpha value is -2.36. The van der Waals surface area contributed by atoms with E-state index in [2.05, 4.69) is 24.2 Å². The quantitative estimate of drug-likeness (QED) is 0.743. The fourth-order valence-corrected chi connectivity index (χ4v) is 6.32. The number of aromatic hydroxyl groups is 1. The number of ketones is 1. The molecular weight excluding hydrogens is 348 g/mol. The van der Waals surface area contributed by atoms with Gasteiger partial charge >= 0.3 is 0 Å². The number of carbonyl (C=O) groups is 1. The van der Waals surface area contributed by atoms with Gasteiger partial charge in [0, 0.05) is 24.2 Å². The average molecular weight is 377 g/mol. The van der Waals surface area contributed by atoms with Crippen molar-refractivity contribution >= 4 is 11.9 Å². The number of fused-ring (bicyclic) bond motifs is 5. The lowest BCUT2D eigenvalue weighted by Gasteiger charge is -2.48. The molecule has 1 aromatic carbocycles. The molecule has 5 rings (SSSR count). The number of carbonyl (C=O) groups excluding carboxylic acids is 1. The number of phenolic OH excluding ortho intramolecular Hbond substituents is 1. The molecule has 146 valence electrons. The van der Waals surface area contributed by atoms with E-state index in [-0.39, 0.29) is 5.41 Å². The Kier molecular flexibility index (Phi) is 3.84. The van der Waals surface area contributed by atoms with Gasteiger partial charge in [-0.25, -0.2) is 0 Å². The molecule has 0 amide bonds. The van der Waals surface area contributed by atoms with Crippen molar-refractivity contribution in [3.05, 3.63) is 52.4 Å². The van der Waals surface area contributed by atoms with Crippen LogP contribution in [0.4, 0.5) is 0 Å². The van der Waals surface area contributed by atoms with Crippen LogP contribution in [0.5, 0.6) is 5.75 Å². The van der Waals surface area contributed by atoms with Crippen molar-refractivity contribution in [3.63, 3.8) is 0 Å². The Morgan fingerprint density at radius 3 is 2.89 bits per heavy atom. The summed E-state index contributed by atoms with van der Waals surface area (Å²) in [5.74, 6) is 2.22. The molecule has 4 nitrogen and oxygen atoms in total. The van der Waals surface area contributed by atoms with E-state index in [0.717, 1.165) is 48.9 Å². The number of benzene rings is 1. The molecule has 4 heteroatoms. The third-order valence-electron chi connectivity index (χ3n) is 7.73. The SMILES string of the molecule is Cc1nn(C)cc1/C=C1/CC2C3CCc4cc(O)ccc4C3CCC2(C)C1=O. The zero-order valence-electron chi connectivity index (χ0n) is 16.9. The minimum Gasteiger partial charge on any atom is -0.508 e. The second-order valence-corrected chi connectivity index (χ2v) is 9.30. The molecule has 0 bridgehead atoms. The van der Waals surface area contributed by atoms with Crippen molar-refractivity contribution in [2.24, 2.45) is 24.3 Å². The van der Waals surface area contributed by atoms with Crippen molar-refractivity contribution in [2.75, 3.05) is 0 Å². The van der Waals surface area contributed by atoms with Gasteiger partial charge in [0.05, 0.1) is 5.69 Å². The predicted molar refractivity (Wildman–Crippen MR) is 109 cm³/mol. The summed E-state index contributed by atoms with van der Waals surface area (Å²) in [5, 5.41) is 14.3. The number of hydrogen-bond acceptors (Lipinski definition) is 3. The molecule has 3 aliphatic rings. The highest BCUT2D eigenvalue weighted by Crippen LogP contribution is 2.60. The molecule has 4 unspecified atom stereocenters. The minimum absolute atomic E-state index is 0.225. The molecule has 1 aromatic heterocycles. The third kappa shape index (κ3) is 2.50. The lowest BCUT2D eigenvalue weighted by Crippen LogP contribution is -2.42. The summed E-state index contributed by atoms with van der Waals surface area (Å²) in [5.41, 5.74) is 5.51. The molecule has 2 aromatic rings. The number of rotatable bonds is 1. The molecule has 1 heterocycles. The monoisotopic (exact) mass is 376 g/mol. The second kappa shape index (κ2) is 6.07. The number of hydrogen-bond donors (Lipinski definition) is 1. The van der Waals surface area contributed by atoms with E-state index in [1.165, 1.54) is 11.1 Å². The molecule has 28 heavy (non-hydrogen) atoms. The summed E-state index contributed by atoms with van der Waals surface area (Å²) in [6, 6.07) is 5.89. The van der Waals surface area contributed by atoms with Gasteiger partial charge in [-0.1, -0.05) is 13.0 Å². The number of Topliss-reactive ketones (excluding diaryl/α,β-unsaturated/α-hetero) is 1. The molecule has 1 N–H and O–H groups in total. The highest BCUT2D eigenvalue weighted by Gasteiger charge is 2.56. The van der Waals surface area contributed by atoms with Crippen LogP contribution >= 0.6 is 0 Å². The van der Waals surface area contributed by atoms with Gasteiger partial charge in [0.1, 0.15) is 5.75 Å². The van der Waals surface area contributed by atoms with E-state index in [4.69, 9.17) is 0 Å². The maximum atomic E-state index is 13.4. The van der Waals surface area contributed by atoms with Crippen LogP contribution in [0.2, 0.25) is 0 Å². The normalized spacial score (nSPS) is 32.9. The highest BCUT2D eigenvalue weighted by atomic mass is 16.3. The van der Waals surface area contributed by atoms with Crippen LogP contribution in [-0.2, 0) is 18.3 Å². The molecule has 0 aliphatic heterocycles. The zero-order valence-corrected chi connectivity index (χ0v) is 16.9. The molecule has 4 atom stereocenters. The van der Waals surface area contributed by atoms with E-state index >= 15 is 0 Å². The minimum atomic E-state index is -0.225. The summed E-state index contributed by atoms with van der Waals surface area (Å²) >= 11 is 0. The van der Waals surface area contributed by atoms with E-state index in [9.17, 15) is 9.90 Å². The Labute approximate surface area is 166 Å². The first-order valence-electron chi connectivity index (χ1n) is 10.4. The first kappa shape index (κ1) is 17.7. The van der Waals surface area contributed by atoms with Crippen molar-refractivity contribution in [2.45, 2.75) is 51.9 Å². The van der Waals surface area contributed by atoms with E-state index in [0.29, 0.717) is 29.3 Å². The summed E-state index contributed by atoms with van der Waals surface area (Å²) in [6.45, 7) is 4.21. The first-order chi connectivity index (χ1) is 13.4. The van der Waals surface area contributed by atoms with Crippen molar-refractivity contribution in [3.8, 4) is 5.75 Å². The van der Waals surface area contributed by atoms with Crippen LogP contribution in [0, 0.1) is 24.2 Å². The molecule has 0 radical (unpaired) electrons. The third-order valence-corrected chi connectivity index (χ3v) is 7.73. The van der Waals surface area contributed by atoms with Crippen molar-refractivity contribution in [1.29, 1.82) is 0 Å². The van der Waals surface area contributed by atoms with Gasteiger partial charge in [-0.05, 0) is 91.7 Å². The van der Waals surface area contributed by atoms with Crippen LogP contribution in [0.15, 0.2) is 30.0 Å². The molecule has 0 saturated heterocycles. The van der Waals surface area contributed by atoms with Gasteiger partial charge < -0.3 is 5.11 Å². The fourth-order valence-electron chi connectivity index (χ4n) is 6.32. The van der Waals surface area contributed by atoms with Gasteiger partial charge in [0.2, 0.25) is 0 Å². The number of phenols is 1. The van der Waals surface area contributed by atoms with Gasteiger partial charge in [0.25, 0.3) is 0 Å².